The third-order valence-electron chi connectivity index (χ3n) is 3.20. The third-order valence-corrected chi connectivity index (χ3v) is 3.20. The van der Waals surface area contributed by atoms with E-state index >= 15 is 0 Å². The van der Waals surface area contributed by atoms with Crippen LogP contribution in [0.1, 0.15) is 25.8 Å². The number of aliphatic carboxylic acids is 1. The van der Waals surface area contributed by atoms with Gasteiger partial charge in [-0.1, -0.05) is 12.1 Å². The Hall–Kier alpha value is -1.55. The van der Waals surface area contributed by atoms with Gasteiger partial charge < -0.3 is 9.84 Å². The summed E-state index contributed by atoms with van der Waals surface area (Å²) in [5, 5.41) is 8.69. The van der Waals surface area contributed by atoms with Crippen LogP contribution in [0.3, 0.4) is 0 Å². The van der Waals surface area contributed by atoms with Crippen LogP contribution in [-0.2, 0) is 11.3 Å². The van der Waals surface area contributed by atoms with Gasteiger partial charge in [-0.05, 0) is 37.5 Å². The summed E-state index contributed by atoms with van der Waals surface area (Å²) in [6, 6.07) is 8.12. The van der Waals surface area contributed by atoms with Crippen molar-refractivity contribution in [3.05, 3.63) is 29.8 Å². The highest BCUT2D eigenvalue weighted by atomic mass is 16.5. The highest BCUT2D eigenvalue weighted by molar-refractivity contribution is 5.67. The second-order valence-electron chi connectivity index (χ2n) is 5.47. The van der Waals surface area contributed by atoms with Crippen LogP contribution in [0.25, 0.3) is 0 Å². The number of nitrogens with zero attached hydrogens (tertiary/aromatic N) is 1. The van der Waals surface area contributed by atoms with Crippen LogP contribution in [0.2, 0.25) is 0 Å². The Bertz CT molecular complexity index is 422. The number of carboxylic acid groups (broad SMARTS) is 1. The standard InChI is InChI=1S/C15H21NO3/c1-11(2)19-14-5-3-12(4-6-14)8-16-9-13(10-16)7-15(17)18/h3-6,11,13H,7-10H2,1-2H3,(H,17,18). The summed E-state index contributed by atoms with van der Waals surface area (Å²) in [7, 11) is 0. The van der Waals surface area contributed by atoms with Crippen LogP contribution in [0.15, 0.2) is 24.3 Å². The minimum atomic E-state index is -0.695. The van der Waals surface area contributed by atoms with Gasteiger partial charge in [0.2, 0.25) is 0 Å². The summed E-state index contributed by atoms with van der Waals surface area (Å²) < 4.78 is 5.60. The van der Waals surface area contributed by atoms with Crippen molar-refractivity contribution in [1.82, 2.24) is 4.90 Å². The molecule has 0 unspecified atom stereocenters. The van der Waals surface area contributed by atoms with E-state index in [1.165, 1.54) is 5.56 Å². The molecule has 0 aliphatic carbocycles. The molecule has 4 heteroatoms. The van der Waals surface area contributed by atoms with Crippen LogP contribution >= 0.6 is 0 Å². The first-order chi connectivity index (χ1) is 9.02. The maximum Gasteiger partial charge on any atom is 0.303 e. The monoisotopic (exact) mass is 263 g/mol. The molecule has 1 fully saturated rings. The van der Waals surface area contributed by atoms with Gasteiger partial charge in [0.15, 0.2) is 0 Å². The molecule has 0 atom stereocenters. The summed E-state index contributed by atoms with van der Waals surface area (Å²) in [6.07, 6.45) is 0.482. The average molecular weight is 263 g/mol. The molecule has 4 nitrogen and oxygen atoms in total. The Morgan fingerprint density at radius 3 is 2.53 bits per heavy atom. The average Bonchev–Trinajstić information content (AvgIpc) is 2.27. The molecule has 1 aliphatic heterocycles. The Morgan fingerprint density at radius 2 is 2.00 bits per heavy atom. The lowest BCUT2D eigenvalue weighted by atomic mass is 9.96. The Kier molecular flexibility index (Phi) is 4.43. The van der Waals surface area contributed by atoms with E-state index in [-0.39, 0.29) is 12.5 Å². The predicted molar refractivity (Wildman–Crippen MR) is 73.2 cm³/mol. The van der Waals surface area contributed by atoms with E-state index in [0.29, 0.717) is 5.92 Å². The third kappa shape index (κ3) is 4.24. The molecule has 0 amide bonds. The molecule has 1 aromatic rings. The second-order valence-corrected chi connectivity index (χ2v) is 5.47. The molecule has 1 aromatic carbocycles. The molecule has 0 aromatic heterocycles. The van der Waals surface area contributed by atoms with Crippen molar-refractivity contribution in [2.75, 3.05) is 13.1 Å². The van der Waals surface area contributed by atoms with Gasteiger partial charge in [-0.3, -0.25) is 9.69 Å². The molecule has 104 valence electrons. The molecule has 0 bridgehead atoms. The van der Waals surface area contributed by atoms with Crippen molar-refractivity contribution in [3.8, 4) is 5.75 Å². The molecular formula is C15H21NO3. The first-order valence-electron chi connectivity index (χ1n) is 6.72. The van der Waals surface area contributed by atoms with E-state index in [2.05, 4.69) is 17.0 Å². The van der Waals surface area contributed by atoms with Gasteiger partial charge in [-0.15, -0.1) is 0 Å². The van der Waals surface area contributed by atoms with Gasteiger partial charge in [0, 0.05) is 19.6 Å². The number of carbonyl (C=O) groups is 1. The van der Waals surface area contributed by atoms with Crippen molar-refractivity contribution >= 4 is 5.97 Å². The van der Waals surface area contributed by atoms with E-state index in [0.717, 1.165) is 25.4 Å². The smallest absolute Gasteiger partial charge is 0.303 e. The topological polar surface area (TPSA) is 49.8 Å². The molecule has 19 heavy (non-hydrogen) atoms. The van der Waals surface area contributed by atoms with Crippen molar-refractivity contribution in [3.63, 3.8) is 0 Å². The summed E-state index contributed by atoms with van der Waals surface area (Å²) in [5.41, 5.74) is 1.24. The quantitative estimate of drug-likeness (QED) is 0.856. The number of hydrogen-bond acceptors (Lipinski definition) is 3. The molecule has 1 heterocycles. The zero-order chi connectivity index (χ0) is 13.8. The summed E-state index contributed by atoms with van der Waals surface area (Å²) >= 11 is 0. The van der Waals surface area contributed by atoms with Crippen LogP contribution in [0.4, 0.5) is 0 Å². The number of rotatable bonds is 6. The fourth-order valence-corrected chi connectivity index (χ4v) is 2.39. The van der Waals surface area contributed by atoms with Gasteiger partial charge in [0.25, 0.3) is 0 Å². The Balaban J connectivity index is 1.77. The maximum atomic E-state index is 10.6. The van der Waals surface area contributed by atoms with Crippen molar-refractivity contribution in [1.29, 1.82) is 0 Å². The molecule has 2 rings (SSSR count). The predicted octanol–water partition coefficient (Wildman–Crippen LogP) is 2.38. The lowest BCUT2D eigenvalue weighted by molar-refractivity contribution is -0.139. The first-order valence-corrected chi connectivity index (χ1v) is 6.72. The van der Waals surface area contributed by atoms with E-state index in [1.54, 1.807) is 0 Å². The molecular weight excluding hydrogens is 242 g/mol. The van der Waals surface area contributed by atoms with Crippen molar-refractivity contribution in [2.24, 2.45) is 5.92 Å². The number of hydrogen-bond donors (Lipinski definition) is 1. The van der Waals surface area contributed by atoms with Gasteiger partial charge >= 0.3 is 5.97 Å². The van der Waals surface area contributed by atoms with Gasteiger partial charge in [-0.2, -0.15) is 0 Å². The van der Waals surface area contributed by atoms with E-state index in [4.69, 9.17) is 9.84 Å². The number of carboxylic acids is 1. The molecule has 1 N–H and O–H groups in total. The Labute approximate surface area is 114 Å². The second kappa shape index (κ2) is 6.06. The zero-order valence-corrected chi connectivity index (χ0v) is 11.5. The SMILES string of the molecule is CC(C)Oc1ccc(CN2CC(CC(=O)O)C2)cc1. The lowest BCUT2D eigenvalue weighted by Gasteiger charge is -2.38. The number of ether oxygens (including phenoxy) is 1. The molecule has 0 spiro atoms. The molecule has 1 aliphatic rings. The fraction of sp³-hybridized carbons (Fsp3) is 0.533. The number of likely N-dealkylation sites (tertiary alicyclic amines) is 1. The van der Waals surface area contributed by atoms with Gasteiger partial charge in [0.1, 0.15) is 5.75 Å². The minimum Gasteiger partial charge on any atom is -0.491 e. The first kappa shape index (κ1) is 13.9. The molecule has 1 saturated heterocycles. The van der Waals surface area contributed by atoms with Crippen LogP contribution < -0.4 is 4.74 Å². The maximum absolute atomic E-state index is 10.6. The lowest BCUT2D eigenvalue weighted by Crippen LogP contribution is -2.46. The largest absolute Gasteiger partial charge is 0.491 e. The van der Waals surface area contributed by atoms with Crippen LogP contribution in [0.5, 0.6) is 5.75 Å². The van der Waals surface area contributed by atoms with Gasteiger partial charge in [0.05, 0.1) is 12.5 Å². The van der Waals surface area contributed by atoms with E-state index < -0.39 is 5.97 Å². The highest BCUT2D eigenvalue weighted by Gasteiger charge is 2.28. The summed E-state index contributed by atoms with van der Waals surface area (Å²) in [6.45, 7) is 6.68. The zero-order valence-electron chi connectivity index (χ0n) is 11.5. The Morgan fingerprint density at radius 1 is 1.37 bits per heavy atom. The normalized spacial score (nSPS) is 16.4. The van der Waals surface area contributed by atoms with Crippen molar-refractivity contribution in [2.45, 2.75) is 32.9 Å². The van der Waals surface area contributed by atoms with E-state index in [9.17, 15) is 4.79 Å². The molecule has 0 radical (unpaired) electrons. The minimum absolute atomic E-state index is 0.193. The van der Waals surface area contributed by atoms with E-state index in [1.807, 2.05) is 26.0 Å². The van der Waals surface area contributed by atoms with Gasteiger partial charge in [-0.25, -0.2) is 0 Å². The molecule has 0 saturated carbocycles. The van der Waals surface area contributed by atoms with Crippen molar-refractivity contribution < 1.29 is 14.6 Å². The fourth-order valence-electron chi connectivity index (χ4n) is 2.39. The van der Waals surface area contributed by atoms with Crippen LogP contribution in [-0.4, -0.2) is 35.2 Å². The highest BCUT2D eigenvalue weighted by Crippen LogP contribution is 2.22. The number of benzene rings is 1. The summed E-state index contributed by atoms with van der Waals surface area (Å²) in [4.78, 5) is 12.8. The van der Waals surface area contributed by atoms with Crippen LogP contribution in [0, 0.1) is 5.92 Å². The summed E-state index contributed by atoms with van der Waals surface area (Å²) in [5.74, 6) is 0.520.